The average molecular weight is 142 g/mol. The van der Waals surface area contributed by atoms with E-state index in [0.29, 0.717) is 6.42 Å². The van der Waals surface area contributed by atoms with E-state index in [-0.39, 0.29) is 17.8 Å². The zero-order valence-electron chi connectivity index (χ0n) is 6.50. The first-order valence-electron chi connectivity index (χ1n) is 3.54. The summed E-state index contributed by atoms with van der Waals surface area (Å²) < 4.78 is 5.22. The lowest BCUT2D eigenvalue weighted by molar-refractivity contribution is 0.138. The molecule has 0 amide bonds. The minimum Gasteiger partial charge on any atom is -0.390 e. The molecule has 0 saturated carbocycles. The van der Waals surface area contributed by atoms with Gasteiger partial charge >= 0.3 is 0 Å². The van der Waals surface area contributed by atoms with E-state index in [1.807, 2.05) is 13.8 Å². The molecule has 1 heterocycles. The van der Waals surface area contributed by atoms with E-state index in [1.54, 1.807) is 6.08 Å². The van der Waals surface area contributed by atoms with Crippen LogP contribution in [0.5, 0.6) is 0 Å². The van der Waals surface area contributed by atoms with Crippen LogP contribution < -0.4 is 0 Å². The lowest BCUT2D eigenvalue weighted by Crippen LogP contribution is -2.19. The Morgan fingerprint density at radius 3 is 2.60 bits per heavy atom. The largest absolute Gasteiger partial charge is 0.390 e. The van der Waals surface area contributed by atoms with Crippen LogP contribution in [0.1, 0.15) is 20.3 Å². The quantitative estimate of drug-likeness (QED) is 0.473. The molecule has 2 heteroatoms. The highest BCUT2D eigenvalue weighted by Gasteiger charge is 2.51. The van der Waals surface area contributed by atoms with Crippen molar-refractivity contribution < 1.29 is 9.84 Å². The van der Waals surface area contributed by atoms with E-state index < -0.39 is 0 Å². The lowest BCUT2D eigenvalue weighted by Gasteiger charge is -2.03. The summed E-state index contributed by atoms with van der Waals surface area (Å²) in [4.78, 5) is 0. The number of hydrogen-bond donors (Lipinski definition) is 1. The lowest BCUT2D eigenvalue weighted by atomic mass is 10.0. The van der Waals surface area contributed by atoms with E-state index in [1.165, 1.54) is 0 Å². The van der Waals surface area contributed by atoms with E-state index in [9.17, 15) is 5.11 Å². The summed E-state index contributed by atoms with van der Waals surface area (Å²) in [6.45, 7) is 7.50. The molecule has 0 aromatic heterocycles. The van der Waals surface area contributed by atoms with Crippen LogP contribution in [0.2, 0.25) is 0 Å². The summed E-state index contributed by atoms with van der Waals surface area (Å²) in [6, 6.07) is 0. The molecule has 1 N–H and O–H groups in total. The van der Waals surface area contributed by atoms with Gasteiger partial charge in [0.25, 0.3) is 0 Å². The van der Waals surface area contributed by atoms with Gasteiger partial charge in [-0.15, -0.1) is 6.58 Å². The average Bonchev–Trinajstić information content (AvgIpc) is 2.41. The van der Waals surface area contributed by atoms with Gasteiger partial charge in [0, 0.05) is 0 Å². The van der Waals surface area contributed by atoms with Crippen LogP contribution in [0, 0.1) is 0 Å². The Morgan fingerprint density at radius 1 is 1.80 bits per heavy atom. The van der Waals surface area contributed by atoms with Crippen LogP contribution in [-0.2, 0) is 4.74 Å². The van der Waals surface area contributed by atoms with E-state index >= 15 is 0 Å². The Hall–Kier alpha value is -0.340. The van der Waals surface area contributed by atoms with Gasteiger partial charge in [-0.3, -0.25) is 0 Å². The molecule has 1 rings (SSSR count). The van der Waals surface area contributed by atoms with Gasteiger partial charge in [0.1, 0.15) is 6.10 Å². The summed E-state index contributed by atoms with van der Waals surface area (Å²) in [5.41, 5.74) is -0.109. The first-order valence-corrected chi connectivity index (χ1v) is 3.54. The molecule has 1 fully saturated rings. The fraction of sp³-hybridized carbons (Fsp3) is 0.750. The second kappa shape index (κ2) is 2.36. The molecule has 1 aliphatic rings. The highest BCUT2D eigenvalue weighted by Crippen LogP contribution is 2.38. The second-order valence-corrected chi connectivity index (χ2v) is 3.23. The molecule has 2 nitrogen and oxygen atoms in total. The Kier molecular flexibility index (Phi) is 1.84. The highest BCUT2D eigenvalue weighted by atomic mass is 16.6. The van der Waals surface area contributed by atoms with Gasteiger partial charge in [-0.05, 0) is 20.3 Å². The van der Waals surface area contributed by atoms with Crippen molar-refractivity contribution in [3.8, 4) is 0 Å². The standard InChI is InChI=1S/C8H14O2/c1-4-5-6(9)7-8(2,3)10-7/h4,6-7,9H,1,5H2,2-3H3/t6-,7+/m1/s1. The number of aliphatic hydroxyl groups is 1. The maximum Gasteiger partial charge on any atom is 0.113 e. The van der Waals surface area contributed by atoms with E-state index in [0.717, 1.165) is 0 Å². The number of epoxide rings is 1. The van der Waals surface area contributed by atoms with Gasteiger partial charge in [-0.1, -0.05) is 6.08 Å². The number of hydrogen-bond acceptors (Lipinski definition) is 2. The van der Waals surface area contributed by atoms with Gasteiger partial charge in [0.2, 0.25) is 0 Å². The molecule has 0 aromatic rings. The normalized spacial score (nSPS) is 31.3. The summed E-state index contributed by atoms with van der Waals surface area (Å²) in [7, 11) is 0. The molecule has 0 bridgehead atoms. The maximum absolute atomic E-state index is 9.33. The third kappa shape index (κ3) is 1.39. The molecule has 2 atom stereocenters. The minimum absolute atomic E-state index is 0.0190. The van der Waals surface area contributed by atoms with Gasteiger partial charge < -0.3 is 9.84 Å². The Bertz CT molecular complexity index is 140. The van der Waals surface area contributed by atoms with Crippen LogP contribution in [0.25, 0.3) is 0 Å². The van der Waals surface area contributed by atoms with E-state index in [2.05, 4.69) is 6.58 Å². The van der Waals surface area contributed by atoms with Crippen LogP contribution in [-0.4, -0.2) is 22.9 Å². The Balaban J connectivity index is 2.32. The second-order valence-electron chi connectivity index (χ2n) is 3.23. The highest BCUT2D eigenvalue weighted by molar-refractivity contribution is 5.00. The van der Waals surface area contributed by atoms with Gasteiger partial charge in [0.15, 0.2) is 0 Å². The fourth-order valence-corrected chi connectivity index (χ4v) is 1.13. The predicted molar refractivity (Wildman–Crippen MR) is 39.8 cm³/mol. The topological polar surface area (TPSA) is 32.8 Å². The molecule has 0 radical (unpaired) electrons. The number of aliphatic hydroxyl groups excluding tert-OH is 1. The molecule has 1 saturated heterocycles. The maximum atomic E-state index is 9.33. The number of rotatable bonds is 3. The number of ether oxygens (including phenoxy) is 1. The first-order chi connectivity index (χ1) is 4.58. The minimum atomic E-state index is -0.368. The molecular formula is C8H14O2. The van der Waals surface area contributed by atoms with Crippen LogP contribution in [0.15, 0.2) is 12.7 Å². The van der Waals surface area contributed by atoms with Gasteiger partial charge in [-0.2, -0.15) is 0 Å². The molecule has 58 valence electrons. The van der Waals surface area contributed by atoms with Crippen molar-refractivity contribution in [2.45, 2.75) is 38.1 Å². The molecule has 0 aliphatic carbocycles. The third-order valence-corrected chi connectivity index (χ3v) is 1.82. The molecule has 0 spiro atoms. The van der Waals surface area contributed by atoms with Crippen LogP contribution in [0.3, 0.4) is 0 Å². The summed E-state index contributed by atoms with van der Waals surface area (Å²) in [5.74, 6) is 0. The Morgan fingerprint density at radius 2 is 2.30 bits per heavy atom. The summed E-state index contributed by atoms with van der Waals surface area (Å²) >= 11 is 0. The molecule has 10 heavy (non-hydrogen) atoms. The van der Waals surface area contributed by atoms with Crippen LogP contribution in [0.4, 0.5) is 0 Å². The van der Waals surface area contributed by atoms with Crippen molar-refractivity contribution in [2.75, 3.05) is 0 Å². The van der Waals surface area contributed by atoms with Crippen molar-refractivity contribution in [3.63, 3.8) is 0 Å². The summed E-state index contributed by atoms with van der Waals surface area (Å²) in [5, 5.41) is 9.33. The zero-order chi connectivity index (χ0) is 7.78. The van der Waals surface area contributed by atoms with Gasteiger partial charge in [-0.25, -0.2) is 0 Å². The molecule has 0 aromatic carbocycles. The smallest absolute Gasteiger partial charge is 0.113 e. The van der Waals surface area contributed by atoms with Crippen molar-refractivity contribution in [3.05, 3.63) is 12.7 Å². The fourth-order valence-electron chi connectivity index (χ4n) is 1.13. The summed E-state index contributed by atoms with van der Waals surface area (Å²) in [6.07, 6.45) is 1.98. The van der Waals surface area contributed by atoms with E-state index in [4.69, 9.17) is 4.74 Å². The Labute approximate surface area is 61.5 Å². The third-order valence-electron chi connectivity index (χ3n) is 1.82. The van der Waals surface area contributed by atoms with Crippen LogP contribution >= 0.6 is 0 Å². The zero-order valence-corrected chi connectivity index (χ0v) is 6.50. The van der Waals surface area contributed by atoms with Crippen molar-refractivity contribution >= 4 is 0 Å². The first kappa shape index (κ1) is 7.76. The molecule has 0 unspecified atom stereocenters. The monoisotopic (exact) mass is 142 g/mol. The SMILES string of the molecule is C=CC[C@@H](O)[C@@H]1OC1(C)C. The predicted octanol–water partition coefficient (Wildman–Crippen LogP) is 1.10. The van der Waals surface area contributed by atoms with Gasteiger partial charge in [0.05, 0.1) is 11.7 Å². The molecular weight excluding hydrogens is 128 g/mol. The molecule has 1 aliphatic heterocycles. The van der Waals surface area contributed by atoms with Crippen molar-refractivity contribution in [1.82, 2.24) is 0 Å². The van der Waals surface area contributed by atoms with Crippen molar-refractivity contribution in [2.24, 2.45) is 0 Å². The van der Waals surface area contributed by atoms with Crippen molar-refractivity contribution in [1.29, 1.82) is 0 Å².